The number of hydrogen-bond donors (Lipinski definition) is 4. The first-order chi connectivity index (χ1) is 14.1. The highest BCUT2D eigenvalue weighted by Gasteiger charge is 2.11. The largest absolute Gasteiger partial charge is 0.488 e. The molecule has 0 aliphatic heterocycles. The van der Waals surface area contributed by atoms with Gasteiger partial charge < -0.3 is 29.5 Å². The first-order valence-corrected chi connectivity index (χ1v) is 9.27. The van der Waals surface area contributed by atoms with Crippen molar-refractivity contribution in [2.45, 2.75) is 6.61 Å². The number of rotatable bonds is 11. The fourth-order valence-corrected chi connectivity index (χ4v) is 2.03. The van der Waals surface area contributed by atoms with E-state index in [1.54, 1.807) is 30.3 Å². The molecule has 0 fully saturated rings. The highest BCUT2D eigenvalue weighted by atomic mass is 32.1. The van der Waals surface area contributed by atoms with Crippen LogP contribution in [0.5, 0.6) is 11.5 Å². The van der Waals surface area contributed by atoms with Crippen LogP contribution >= 0.6 is 12.6 Å². The highest BCUT2D eigenvalue weighted by Crippen LogP contribution is 2.27. The fraction of sp³-hybridized carbons (Fsp3) is 0.300. The maximum atomic E-state index is 11.4. The summed E-state index contributed by atoms with van der Waals surface area (Å²) in [5.74, 6) is 0.229. The van der Waals surface area contributed by atoms with Gasteiger partial charge in [-0.1, -0.05) is 18.2 Å². The number of aromatic carboxylic acids is 1. The Hall–Kier alpha value is -2.59. The molecule has 158 valence electrons. The molecule has 0 unspecified atom stereocenters. The van der Waals surface area contributed by atoms with Crippen LogP contribution in [0.2, 0.25) is 0 Å². The number of carbonyl (C=O) groups is 2. The van der Waals surface area contributed by atoms with Gasteiger partial charge in [-0.05, 0) is 29.8 Å². The van der Waals surface area contributed by atoms with Crippen molar-refractivity contribution >= 4 is 24.9 Å². The average molecular weight is 424 g/mol. The van der Waals surface area contributed by atoms with Crippen molar-refractivity contribution < 1.29 is 39.1 Å². The number of aliphatic hydroxyl groups excluding tert-OH is 2. The lowest BCUT2D eigenvalue weighted by Crippen LogP contribution is -2.08. The molecule has 9 heteroatoms. The second-order valence-electron chi connectivity index (χ2n) is 5.42. The molecule has 0 amide bonds. The molecule has 0 aliphatic rings. The Kier molecular flexibility index (Phi) is 12.2. The second kappa shape index (κ2) is 14.4. The first kappa shape index (κ1) is 24.4. The predicted octanol–water partition coefficient (Wildman–Crippen LogP) is 2.03. The topological polar surface area (TPSA) is 123 Å². The summed E-state index contributed by atoms with van der Waals surface area (Å²) in [5, 5.41) is 25.3. The Balaban J connectivity index is 0.000000960. The molecule has 2 aromatic rings. The zero-order chi connectivity index (χ0) is 21.5. The van der Waals surface area contributed by atoms with E-state index in [1.165, 1.54) is 12.1 Å². The molecule has 0 atom stereocenters. The zero-order valence-electron chi connectivity index (χ0n) is 15.7. The lowest BCUT2D eigenvalue weighted by atomic mass is 10.1. The summed E-state index contributed by atoms with van der Waals surface area (Å²) < 4.78 is 16.0. The molecule has 0 saturated carbocycles. The van der Waals surface area contributed by atoms with Crippen molar-refractivity contribution in [3.8, 4) is 11.5 Å². The number of thiol groups is 1. The minimum absolute atomic E-state index is 0.0957. The summed E-state index contributed by atoms with van der Waals surface area (Å²) >= 11 is 3.67. The highest BCUT2D eigenvalue weighted by molar-refractivity contribution is 7.80. The van der Waals surface area contributed by atoms with Crippen molar-refractivity contribution in [1.29, 1.82) is 0 Å². The van der Waals surface area contributed by atoms with E-state index in [2.05, 4.69) is 12.6 Å². The molecule has 0 spiro atoms. The van der Waals surface area contributed by atoms with Crippen molar-refractivity contribution in [3.63, 3.8) is 0 Å². The SMILES string of the molecule is O=Cc1c(OCOCCO)cccc1OCc1ccc(C(=O)O)cc1.OCCS. The fourth-order valence-electron chi connectivity index (χ4n) is 2.03. The Morgan fingerprint density at radius 2 is 1.62 bits per heavy atom. The van der Waals surface area contributed by atoms with Crippen LogP contribution in [0.1, 0.15) is 26.3 Å². The van der Waals surface area contributed by atoms with Gasteiger partial charge in [-0.3, -0.25) is 4.79 Å². The second-order valence-corrected chi connectivity index (χ2v) is 5.87. The number of hydrogen-bond acceptors (Lipinski definition) is 8. The Morgan fingerprint density at radius 3 is 2.14 bits per heavy atom. The third kappa shape index (κ3) is 8.97. The van der Waals surface area contributed by atoms with Crippen molar-refractivity contribution in [3.05, 3.63) is 59.2 Å². The molecule has 0 heterocycles. The predicted molar refractivity (Wildman–Crippen MR) is 109 cm³/mol. The van der Waals surface area contributed by atoms with E-state index in [4.69, 9.17) is 29.5 Å². The van der Waals surface area contributed by atoms with Gasteiger partial charge in [0.05, 0.1) is 30.9 Å². The Bertz CT molecular complexity index is 747. The number of aliphatic hydroxyl groups is 2. The minimum atomic E-state index is -0.996. The smallest absolute Gasteiger partial charge is 0.335 e. The van der Waals surface area contributed by atoms with Crippen LogP contribution in [0.15, 0.2) is 42.5 Å². The zero-order valence-corrected chi connectivity index (χ0v) is 16.6. The van der Waals surface area contributed by atoms with Crippen molar-refractivity contribution in [1.82, 2.24) is 0 Å². The van der Waals surface area contributed by atoms with Crippen molar-refractivity contribution in [2.75, 3.05) is 32.4 Å². The lowest BCUT2D eigenvalue weighted by molar-refractivity contribution is -0.00139. The Morgan fingerprint density at radius 1 is 1.00 bits per heavy atom. The van der Waals surface area contributed by atoms with Gasteiger partial charge in [-0.25, -0.2) is 4.79 Å². The van der Waals surface area contributed by atoms with E-state index in [9.17, 15) is 9.59 Å². The summed E-state index contributed by atoms with van der Waals surface area (Å²) in [7, 11) is 0. The number of ether oxygens (including phenoxy) is 3. The van der Waals surface area contributed by atoms with E-state index in [0.717, 1.165) is 5.56 Å². The van der Waals surface area contributed by atoms with Gasteiger partial charge in [0.1, 0.15) is 18.1 Å². The number of benzene rings is 2. The maximum Gasteiger partial charge on any atom is 0.335 e. The van der Waals surface area contributed by atoms with Gasteiger partial charge in [0.25, 0.3) is 0 Å². The molecule has 0 radical (unpaired) electrons. The Labute approximate surface area is 174 Å². The molecule has 2 aromatic carbocycles. The van der Waals surface area contributed by atoms with Gasteiger partial charge in [0.2, 0.25) is 0 Å². The van der Waals surface area contributed by atoms with E-state index < -0.39 is 5.97 Å². The summed E-state index contributed by atoms with van der Waals surface area (Å²) in [5.41, 5.74) is 1.20. The molecule has 0 bridgehead atoms. The van der Waals surface area contributed by atoms with Crippen LogP contribution in [0.25, 0.3) is 0 Å². The molecular weight excluding hydrogens is 400 g/mol. The lowest BCUT2D eigenvalue weighted by Gasteiger charge is -2.13. The van der Waals surface area contributed by atoms with Gasteiger partial charge >= 0.3 is 5.97 Å². The van der Waals surface area contributed by atoms with E-state index in [-0.39, 0.29) is 44.3 Å². The van der Waals surface area contributed by atoms with Crippen LogP contribution in [0.3, 0.4) is 0 Å². The van der Waals surface area contributed by atoms with E-state index in [1.807, 2.05) is 0 Å². The quantitative estimate of drug-likeness (QED) is 0.187. The first-order valence-electron chi connectivity index (χ1n) is 8.63. The molecule has 0 saturated heterocycles. The van der Waals surface area contributed by atoms with Crippen LogP contribution in [0.4, 0.5) is 0 Å². The van der Waals surface area contributed by atoms with Crippen LogP contribution in [-0.4, -0.2) is 59.9 Å². The van der Waals surface area contributed by atoms with Crippen LogP contribution in [-0.2, 0) is 11.3 Å². The van der Waals surface area contributed by atoms with Gasteiger partial charge in [-0.2, -0.15) is 12.6 Å². The van der Waals surface area contributed by atoms with E-state index >= 15 is 0 Å². The van der Waals surface area contributed by atoms with Gasteiger partial charge in [0.15, 0.2) is 13.1 Å². The molecule has 2 rings (SSSR count). The summed E-state index contributed by atoms with van der Waals surface area (Å²) in [6.45, 7) is 0.280. The molecule has 3 N–H and O–H groups in total. The van der Waals surface area contributed by atoms with Crippen molar-refractivity contribution in [2.24, 2.45) is 0 Å². The summed E-state index contributed by atoms with van der Waals surface area (Å²) in [4.78, 5) is 22.2. The monoisotopic (exact) mass is 424 g/mol. The molecule has 8 nitrogen and oxygen atoms in total. The molecule has 0 aromatic heterocycles. The molecule has 0 aliphatic carbocycles. The number of carbonyl (C=O) groups excluding carboxylic acids is 1. The third-order valence-electron chi connectivity index (χ3n) is 3.37. The molecular formula is C20H24O8S. The maximum absolute atomic E-state index is 11.4. The standard InChI is InChI=1S/C18H18O7.C2H6OS/c19-8-9-23-12-25-17-3-1-2-16(15(17)10-20)24-11-13-4-6-14(7-5-13)18(21)22;3-1-2-4/h1-7,10,19H,8-9,11-12H2,(H,21,22);3-4H,1-2H2. The third-order valence-corrected chi connectivity index (χ3v) is 3.57. The summed E-state index contributed by atoms with van der Waals surface area (Å²) in [6.07, 6.45) is 0.629. The minimum Gasteiger partial charge on any atom is -0.488 e. The number of aldehydes is 1. The summed E-state index contributed by atoms with van der Waals surface area (Å²) in [6, 6.07) is 11.2. The van der Waals surface area contributed by atoms with E-state index in [0.29, 0.717) is 23.5 Å². The van der Waals surface area contributed by atoms with Crippen LogP contribution in [0, 0.1) is 0 Å². The van der Waals surface area contributed by atoms with Crippen LogP contribution < -0.4 is 9.47 Å². The normalized spacial score (nSPS) is 9.90. The average Bonchev–Trinajstić information content (AvgIpc) is 2.75. The van der Waals surface area contributed by atoms with Gasteiger partial charge in [0, 0.05) is 5.75 Å². The number of carboxylic acid groups (broad SMARTS) is 1. The molecule has 29 heavy (non-hydrogen) atoms. The number of carboxylic acids is 1. The van der Waals surface area contributed by atoms with Gasteiger partial charge in [-0.15, -0.1) is 0 Å².